The van der Waals surface area contributed by atoms with Gasteiger partial charge in [0, 0.05) is 24.8 Å². The second kappa shape index (κ2) is 5.61. The van der Waals surface area contributed by atoms with Gasteiger partial charge >= 0.3 is 0 Å². The molecule has 2 aromatic heterocycles. The average Bonchev–Trinajstić information content (AvgIpc) is 2.97. The summed E-state index contributed by atoms with van der Waals surface area (Å²) in [5.41, 5.74) is 7.90. The molecule has 0 saturated heterocycles. The summed E-state index contributed by atoms with van der Waals surface area (Å²) in [7, 11) is 0. The van der Waals surface area contributed by atoms with E-state index in [1.54, 1.807) is 0 Å². The van der Waals surface area contributed by atoms with Crippen molar-refractivity contribution in [3.8, 4) is 5.82 Å². The largest absolute Gasteiger partial charge is 0.326 e. The van der Waals surface area contributed by atoms with Crippen LogP contribution in [0.3, 0.4) is 0 Å². The van der Waals surface area contributed by atoms with Crippen molar-refractivity contribution in [2.45, 2.75) is 33.2 Å². The van der Waals surface area contributed by atoms with Crippen LogP contribution in [0, 0.1) is 0 Å². The van der Waals surface area contributed by atoms with Gasteiger partial charge in [-0.3, -0.25) is 0 Å². The van der Waals surface area contributed by atoms with Crippen LogP contribution < -0.4 is 5.73 Å². The molecular formula is C16H19N5. The molecule has 0 radical (unpaired) electrons. The molecule has 0 aliphatic carbocycles. The summed E-state index contributed by atoms with van der Waals surface area (Å²) in [6.45, 7) is 4.61. The molecule has 3 aromatic rings. The van der Waals surface area contributed by atoms with E-state index in [1.165, 1.54) is 0 Å². The van der Waals surface area contributed by atoms with Crippen LogP contribution in [0.1, 0.15) is 31.1 Å². The summed E-state index contributed by atoms with van der Waals surface area (Å²) >= 11 is 0. The van der Waals surface area contributed by atoms with Crippen molar-refractivity contribution < 1.29 is 0 Å². The quantitative estimate of drug-likeness (QED) is 0.797. The number of aromatic nitrogens is 4. The molecule has 5 nitrogen and oxygen atoms in total. The molecule has 0 aliphatic heterocycles. The molecule has 0 fully saturated rings. The number of fused-ring (bicyclic) bond motifs is 1. The lowest BCUT2D eigenvalue weighted by molar-refractivity contribution is 0.771. The van der Waals surface area contributed by atoms with Crippen molar-refractivity contribution in [1.29, 1.82) is 0 Å². The molecule has 0 spiro atoms. The van der Waals surface area contributed by atoms with Crippen LogP contribution >= 0.6 is 0 Å². The SMILES string of the molecule is CCc1nc(CC)n(-c2cc(CN)c3ccccc3n2)n1. The highest BCUT2D eigenvalue weighted by Gasteiger charge is 2.12. The van der Waals surface area contributed by atoms with E-state index in [-0.39, 0.29) is 0 Å². The fourth-order valence-corrected chi connectivity index (χ4v) is 2.46. The van der Waals surface area contributed by atoms with E-state index in [1.807, 2.05) is 35.0 Å². The van der Waals surface area contributed by atoms with Gasteiger partial charge < -0.3 is 5.73 Å². The summed E-state index contributed by atoms with van der Waals surface area (Å²) in [4.78, 5) is 9.25. The van der Waals surface area contributed by atoms with Gasteiger partial charge in [0.25, 0.3) is 0 Å². The number of nitrogens with two attached hydrogens (primary N) is 1. The molecule has 0 saturated carbocycles. The van der Waals surface area contributed by atoms with Crippen LogP contribution in [0.15, 0.2) is 30.3 Å². The van der Waals surface area contributed by atoms with Crippen LogP contribution in [-0.4, -0.2) is 19.7 Å². The van der Waals surface area contributed by atoms with Gasteiger partial charge in [-0.05, 0) is 17.7 Å². The Morgan fingerprint density at radius 2 is 1.90 bits per heavy atom. The van der Waals surface area contributed by atoms with Crippen molar-refractivity contribution in [2.24, 2.45) is 5.73 Å². The monoisotopic (exact) mass is 281 g/mol. The van der Waals surface area contributed by atoms with Crippen molar-refractivity contribution in [1.82, 2.24) is 19.7 Å². The van der Waals surface area contributed by atoms with Gasteiger partial charge in [-0.25, -0.2) is 9.97 Å². The third-order valence-electron chi connectivity index (χ3n) is 3.58. The second-order valence-electron chi connectivity index (χ2n) is 4.92. The predicted molar refractivity (Wildman–Crippen MR) is 83.3 cm³/mol. The topological polar surface area (TPSA) is 69.6 Å². The molecule has 2 N–H and O–H groups in total. The van der Waals surface area contributed by atoms with Gasteiger partial charge in [0.05, 0.1) is 5.52 Å². The highest BCUT2D eigenvalue weighted by atomic mass is 15.4. The minimum Gasteiger partial charge on any atom is -0.326 e. The lowest BCUT2D eigenvalue weighted by Gasteiger charge is -2.09. The first-order chi connectivity index (χ1) is 10.3. The predicted octanol–water partition coefficient (Wildman–Crippen LogP) is 2.40. The minimum atomic E-state index is 0.479. The second-order valence-corrected chi connectivity index (χ2v) is 4.92. The van der Waals surface area contributed by atoms with Crippen molar-refractivity contribution in [2.75, 3.05) is 0 Å². The summed E-state index contributed by atoms with van der Waals surface area (Å²) in [6, 6.07) is 10.1. The third-order valence-corrected chi connectivity index (χ3v) is 3.58. The van der Waals surface area contributed by atoms with Crippen LogP contribution in [-0.2, 0) is 19.4 Å². The molecular weight excluding hydrogens is 262 g/mol. The van der Waals surface area contributed by atoms with Crippen LogP contribution in [0.5, 0.6) is 0 Å². The number of hydrogen-bond acceptors (Lipinski definition) is 4. The lowest BCUT2D eigenvalue weighted by atomic mass is 10.1. The maximum absolute atomic E-state index is 5.89. The summed E-state index contributed by atoms with van der Waals surface area (Å²) in [5.74, 6) is 2.56. The fourth-order valence-electron chi connectivity index (χ4n) is 2.46. The number of pyridine rings is 1. The minimum absolute atomic E-state index is 0.479. The van der Waals surface area contributed by atoms with Crippen molar-refractivity contribution in [3.63, 3.8) is 0 Å². The molecule has 0 atom stereocenters. The zero-order valence-electron chi connectivity index (χ0n) is 12.4. The number of nitrogens with zero attached hydrogens (tertiary/aromatic N) is 4. The average molecular weight is 281 g/mol. The van der Waals surface area contributed by atoms with Gasteiger partial charge in [-0.15, -0.1) is 5.10 Å². The van der Waals surface area contributed by atoms with Gasteiger partial charge in [0.15, 0.2) is 11.6 Å². The summed E-state index contributed by atoms with van der Waals surface area (Å²) in [5, 5.41) is 5.65. The molecule has 5 heteroatoms. The standard InChI is InChI=1S/C16H19N5/c1-3-14-19-15(4-2)21(20-14)16-9-11(10-17)12-7-5-6-8-13(12)18-16/h5-9H,3-4,10,17H2,1-2H3. The summed E-state index contributed by atoms with van der Waals surface area (Å²) < 4.78 is 1.84. The Balaban J connectivity index is 2.23. The number of hydrogen-bond donors (Lipinski definition) is 1. The zero-order valence-corrected chi connectivity index (χ0v) is 12.4. The number of benzene rings is 1. The molecule has 0 unspecified atom stereocenters. The van der Waals surface area contributed by atoms with Crippen LogP contribution in [0.4, 0.5) is 0 Å². The molecule has 1 aromatic carbocycles. The van der Waals surface area contributed by atoms with Gasteiger partial charge in [0.1, 0.15) is 5.82 Å². The third kappa shape index (κ3) is 2.40. The first-order valence-corrected chi connectivity index (χ1v) is 7.30. The van der Waals surface area contributed by atoms with Gasteiger partial charge in [-0.2, -0.15) is 4.68 Å². The highest BCUT2D eigenvalue weighted by molar-refractivity contribution is 5.83. The van der Waals surface area contributed by atoms with E-state index in [4.69, 9.17) is 10.7 Å². The highest BCUT2D eigenvalue weighted by Crippen LogP contribution is 2.20. The van der Waals surface area contributed by atoms with Gasteiger partial charge in [-0.1, -0.05) is 32.0 Å². The first kappa shape index (κ1) is 13.7. The van der Waals surface area contributed by atoms with Crippen molar-refractivity contribution >= 4 is 10.9 Å². The molecule has 3 rings (SSSR count). The zero-order chi connectivity index (χ0) is 14.8. The van der Waals surface area contributed by atoms with E-state index >= 15 is 0 Å². The molecule has 2 heterocycles. The first-order valence-electron chi connectivity index (χ1n) is 7.30. The number of rotatable bonds is 4. The fraction of sp³-hybridized carbons (Fsp3) is 0.312. The smallest absolute Gasteiger partial charge is 0.156 e. The maximum Gasteiger partial charge on any atom is 0.156 e. The Kier molecular flexibility index (Phi) is 3.66. The Bertz CT molecular complexity index is 775. The normalized spacial score (nSPS) is 11.2. The van der Waals surface area contributed by atoms with Crippen molar-refractivity contribution in [3.05, 3.63) is 47.5 Å². The Labute approximate surface area is 123 Å². The maximum atomic E-state index is 5.89. The van der Waals surface area contributed by atoms with Crippen LogP contribution in [0.2, 0.25) is 0 Å². The molecule has 21 heavy (non-hydrogen) atoms. The van der Waals surface area contributed by atoms with Crippen LogP contribution in [0.25, 0.3) is 16.7 Å². The van der Waals surface area contributed by atoms with E-state index < -0.39 is 0 Å². The summed E-state index contributed by atoms with van der Waals surface area (Å²) in [6.07, 6.45) is 1.64. The Morgan fingerprint density at radius 1 is 1.10 bits per heavy atom. The molecule has 0 aliphatic rings. The van der Waals surface area contributed by atoms with Gasteiger partial charge in [0.2, 0.25) is 0 Å². The molecule has 108 valence electrons. The van der Waals surface area contributed by atoms with E-state index in [9.17, 15) is 0 Å². The Morgan fingerprint density at radius 3 is 2.62 bits per heavy atom. The number of para-hydroxylation sites is 1. The molecule has 0 bridgehead atoms. The lowest BCUT2D eigenvalue weighted by Crippen LogP contribution is -2.07. The van der Waals surface area contributed by atoms with E-state index in [2.05, 4.69) is 23.9 Å². The molecule has 0 amide bonds. The number of aryl methyl sites for hydroxylation is 2. The Hall–Kier alpha value is -2.27. The van der Waals surface area contributed by atoms with E-state index in [0.717, 1.165) is 46.8 Å². The van der Waals surface area contributed by atoms with E-state index in [0.29, 0.717) is 6.54 Å².